The van der Waals surface area contributed by atoms with E-state index < -0.39 is 0 Å². The van der Waals surface area contributed by atoms with E-state index in [2.05, 4.69) is 12.2 Å². The molecule has 0 radical (unpaired) electrons. The van der Waals surface area contributed by atoms with Crippen molar-refractivity contribution in [3.8, 4) is 0 Å². The van der Waals surface area contributed by atoms with Gasteiger partial charge in [-0.1, -0.05) is 0 Å². The van der Waals surface area contributed by atoms with Gasteiger partial charge in [0.05, 0.1) is 0 Å². The molecule has 2 nitrogen and oxygen atoms in total. The van der Waals surface area contributed by atoms with E-state index in [1.165, 1.54) is 0 Å². The molecule has 11 heavy (non-hydrogen) atoms. The minimum Gasteiger partial charge on any atom is -1.00 e. The van der Waals surface area contributed by atoms with Crippen LogP contribution in [0.4, 0.5) is 0 Å². The Labute approximate surface area is 89.3 Å². The molecule has 0 saturated heterocycles. The topological polar surface area (TPSA) is 40.5 Å². The van der Waals surface area contributed by atoms with Gasteiger partial charge in [0.25, 0.3) is 0 Å². The maximum Gasteiger partial charge on any atom is 0.0319 e. The molecule has 4 heteroatoms. The molecule has 0 amide bonds. The summed E-state index contributed by atoms with van der Waals surface area (Å²) in [6.07, 6.45) is 10.0. The molecule has 1 aliphatic carbocycles. The smallest absolute Gasteiger partial charge is 0.0319 e. The molecular formula is C7H13ClO2Ti-2. The number of aliphatic hydroxyl groups is 2. The van der Waals surface area contributed by atoms with E-state index in [0.29, 0.717) is 0 Å². The molecule has 0 bridgehead atoms. The van der Waals surface area contributed by atoms with Crippen molar-refractivity contribution in [3.05, 3.63) is 24.3 Å². The molecule has 0 spiro atoms. The van der Waals surface area contributed by atoms with Crippen LogP contribution in [0.25, 0.3) is 0 Å². The fourth-order valence-electron chi connectivity index (χ4n) is 0.340. The van der Waals surface area contributed by atoms with E-state index >= 15 is 0 Å². The van der Waals surface area contributed by atoms with Crippen LogP contribution in [0.1, 0.15) is 6.42 Å². The summed E-state index contributed by atoms with van der Waals surface area (Å²) < 4.78 is 0. The SMILES string of the molecule is CO.CO.[C-]1=CC=CC1.[Cl-].[Ti]. The standard InChI is InChI=1S/C5H5.2CH4O.ClH.Ti/c1-2-4-5-3-1;2*1-2;;/h1-3H,4H2;2*2H,1H3;1H;/q-1;;;;/p-1. The molecule has 0 aromatic rings. The van der Waals surface area contributed by atoms with Gasteiger partial charge in [0.2, 0.25) is 0 Å². The van der Waals surface area contributed by atoms with Crippen LogP contribution in [0.15, 0.2) is 18.2 Å². The fourth-order valence-corrected chi connectivity index (χ4v) is 0.340. The molecule has 2 N–H and O–H groups in total. The first-order valence-electron chi connectivity index (χ1n) is 2.61. The van der Waals surface area contributed by atoms with Gasteiger partial charge in [0.1, 0.15) is 0 Å². The molecule has 0 aromatic carbocycles. The molecule has 0 saturated carbocycles. The summed E-state index contributed by atoms with van der Waals surface area (Å²) >= 11 is 0. The number of rotatable bonds is 0. The van der Waals surface area contributed by atoms with E-state index in [-0.39, 0.29) is 34.1 Å². The quantitative estimate of drug-likeness (QED) is 0.345. The van der Waals surface area contributed by atoms with Crippen LogP contribution >= 0.6 is 0 Å². The number of aliphatic hydroxyl groups excluding tert-OH is 2. The Bertz CT molecular complexity index is 74.5. The summed E-state index contributed by atoms with van der Waals surface area (Å²) in [6.45, 7) is 0. The second kappa shape index (κ2) is 31.5. The first kappa shape index (κ1) is 22.5. The van der Waals surface area contributed by atoms with Gasteiger partial charge in [-0.2, -0.15) is 6.08 Å². The Kier molecular flexibility index (Phi) is 64.5. The van der Waals surface area contributed by atoms with Crippen LogP contribution in [0, 0.1) is 6.08 Å². The van der Waals surface area contributed by atoms with Crippen LogP contribution in [-0.4, -0.2) is 24.4 Å². The van der Waals surface area contributed by atoms with Crippen LogP contribution in [0.3, 0.4) is 0 Å². The second-order valence-corrected chi connectivity index (χ2v) is 1.00. The van der Waals surface area contributed by atoms with E-state index in [0.717, 1.165) is 20.6 Å². The van der Waals surface area contributed by atoms with E-state index in [1.54, 1.807) is 0 Å². The second-order valence-electron chi connectivity index (χ2n) is 1.00. The summed E-state index contributed by atoms with van der Waals surface area (Å²) in [5, 5.41) is 14.0. The van der Waals surface area contributed by atoms with Gasteiger partial charge in [0.15, 0.2) is 0 Å². The Hall–Kier alpha value is 0.404. The Morgan fingerprint density at radius 3 is 1.73 bits per heavy atom. The van der Waals surface area contributed by atoms with E-state index in [4.69, 9.17) is 10.2 Å². The van der Waals surface area contributed by atoms with Crippen LogP contribution in [0.5, 0.6) is 0 Å². The summed E-state index contributed by atoms with van der Waals surface area (Å²) in [7, 11) is 2.00. The average Bonchev–Trinajstić information content (AvgIpc) is 2.51. The minimum atomic E-state index is 0. The first-order chi connectivity index (χ1) is 4.50. The zero-order chi connectivity index (χ0) is 7.54. The monoisotopic (exact) mass is 212 g/mol. The van der Waals surface area contributed by atoms with Gasteiger partial charge >= 0.3 is 0 Å². The minimum absolute atomic E-state index is 0. The number of hydrogen-bond donors (Lipinski definition) is 2. The number of hydrogen-bond acceptors (Lipinski definition) is 2. The molecular weight excluding hydrogens is 199 g/mol. The molecule has 66 valence electrons. The summed E-state index contributed by atoms with van der Waals surface area (Å²) in [5.41, 5.74) is 0. The van der Waals surface area contributed by atoms with Crippen LogP contribution in [0.2, 0.25) is 0 Å². The molecule has 0 aromatic heterocycles. The number of allylic oxidation sites excluding steroid dienone is 4. The van der Waals surface area contributed by atoms with Gasteiger partial charge in [-0.25, -0.2) is 12.2 Å². The third-order valence-corrected chi connectivity index (χ3v) is 0.586. The molecule has 0 unspecified atom stereocenters. The van der Waals surface area contributed by atoms with Gasteiger partial charge < -0.3 is 22.6 Å². The predicted molar refractivity (Wildman–Crippen MR) is 37.9 cm³/mol. The zero-order valence-corrected chi connectivity index (χ0v) is 9.03. The van der Waals surface area contributed by atoms with Gasteiger partial charge in [-0.05, 0) is 0 Å². The summed E-state index contributed by atoms with van der Waals surface area (Å²) in [4.78, 5) is 0. The van der Waals surface area contributed by atoms with E-state index in [9.17, 15) is 0 Å². The number of halogens is 1. The van der Waals surface area contributed by atoms with Crippen molar-refractivity contribution >= 4 is 0 Å². The molecule has 0 aliphatic heterocycles. The van der Waals surface area contributed by atoms with Crippen molar-refractivity contribution < 1.29 is 44.3 Å². The molecule has 1 rings (SSSR count). The fraction of sp³-hybridized carbons (Fsp3) is 0.429. The predicted octanol–water partition coefficient (Wildman–Crippen LogP) is -2.48. The van der Waals surface area contributed by atoms with Gasteiger partial charge in [-0.3, -0.25) is 6.08 Å². The van der Waals surface area contributed by atoms with Crippen molar-refractivity contribution in [3.63, 3.8) is 0 Å². The maximum atomic E-state index is 7.00. The molecule has 0 atom stereocenters. The van der Waals surface area contributed by atoms with Crippen molar-refractivity contribution in [2.75, 3.05) is 14.2 Å². The zero-order valence-electron chi connectivity index (χ0n) is 6.71. The normalized spacial score (nSPS) is 9.09. The Balaban J connectivity index is -0.0000000369. The van der Waals surface area contributed by atoms with Crippen LogP contribution < -0.4 is 12.4 Å². The van der Waals surface area contributed by atoms with Crippen molar-refractivity contribution in [1.82, 2.24) is 0 Å². The molecule has 1 aliphatic rings. The Morgan fingerprint density at radius 2 is 1.64 bits per heavy atom. The average molecular weight is 212 g/mol. The van der Waals surface area contributed by atoms with Crippen LogP contribution in [-0.2, 0) is 21.7 Å². The van der Waals surface area contributed by atoms with Crippen molar-refractivity contribution in [2.45, 2.75) is 6.42 Å². The molecule has 0 heterocycles. The van der Waals surface area contributed by atoms with Gasteiger partial charge in [-0.15, -0.1) is 6.42 Å². The first-order valence-corrected chi connectivity index (χ1v) is 2.61. The molecule has 0 fully saturated rings. The van der Waals surface area contributed by atoms with Gasteiger partial charge in [0, 0.05) is 35.9 Å². The maximum absolute atomic E-state index is 7.00. The third-order valence-electron chi connectivity index (χ3n) is 0.586. The summed E-state index contributed by atoms with van der Waals surface area (Å²) in [6, 6.07) is 0. The third kappa shape index (κ3) is 25.2. The Morgan fingerprint density at radius 1 is 1.18 bits per heavy atom. The van der Waals surface area contributed by atoms with Crippen molar-refractivity contribution in [2.24, 2.45) is 0 Å². The largest absolute Gasteiger partial charge is 1.00 e. The van der Waals surface area contributed by atoms with E-state index in [1.807, 2.05) is 12.2 Å². The summed E-state index contributed by atoms with van der Waals surface area (Å²) in [5.74, 6) is 0. The van der Waals surface area contributed by atoms with Crippen molar-refractivity contribution in [1.29, 1.82) is 0 Å².